The van der Waals surface area contributed by atoms with Crippen LogP contribution in [0.4, 0.5) is 23.8 Å². The summed E-state index contributed by atoms with van der Waals surface area (Å²) in [5.74, 6) is -1.12. The molecule has 4 heterocycles. The number of carbonyl (C=O) groups is 2. The van der Waals surface area contributed by atoms with Crippen molar-refractivity contribution in [2.45, 2.75) is 63.2 Å². The number of benzene rings is 2. The van der Waals surface area contributed by atoms with E-state index >= 15 is 0 Å². The number of nitrogens with zero attached hydrogens (tertiary/aromatic N) is 6. The van der Waals surface area contributed by atoms with Gasteiger partial charge in [-0.3, -0.25) is 4.90 Å². The molecule has 18 heteroatoms. The average molecular weight is 791 g/mol. The Bertz CT molecular complexity index is 2110. The molecule has 2 aromatic heterocycles. The van der Waals surface area contributed by atoms with E-state index in [1.54, 1.807) is 24.8 Å². The lowest BCUT2D eigenvalue weighted by Gasteiger charge is -2.39. The molecule has 2 aromatic carbocycles. The summed E-state index contributed by atoms with van der Waals surface area (Å²) < 4.78 is 87.4. The van der Waals surface area contributed by atoms with Gasteiger partial charge in [-0.05, 0) is 62.3 Å². The summed E-state index contributed by atoms with van der Waals surface area (Å²) in [6.07, 6.45) is -4.73. The van der Waals surface area contributed by atoms with Gasteiger partial charge in [-0.2, -0.15) is 23.3 Å². The topological polar surface area (TPSA) is 146 Å². The molecule has 1 amide bonds. The number of likely N-dealkylation sites (tertiary alicyclic amines) is 1. The third-order valence-corrected chi connectivity index (χ3v) is 10.5. The molecule has 1 unspecified atom stereocenters. The minimum Gasteiger partial charge on any atom is -0.464 e. The smallest absolute Gasteiger partial charge is 0.429 e. The number of ether oxygens (including phenoxy) is 3. The zero-order valence-electron chi connectivity index (χ0n) is 29.6. The van der Waals surface area contributed by atoms with E-state index in [-0.39, 0.29) is 54.9 Å². The van der Waals surface area contributed by atoms with E-state index < -0.39 is 56.7 Å². The Morgan fingerprint density at radius 2 is 1.76 bits per heavy atom. The Morgan fingerprint density at radius 1 is 1.04 bits per heavy atom. The largest absolute Gasteiger partial charge is 0.464 e. The van der Waals surface area contributed by atoms with Gasteiger partial charge in [0.25, 0.3) is 5.16 Å². The first-order chi connectivity index (χ1) is 25.5. The van der Waals surface area contributed by atoms with Gasteiger partial charge in [0.1, 0.15) is 18.5 Å². The van der Waals surface area contributed by atoms with Gasteiger partial charge in [-0.25, -0.2) is 27.7 Å². The highest BCUT2D eigenvalue weighted by molar-refractivity contribution is 7.90. The minimum atomic E-state index is -4.98. The number of sulfone groups is 1. The van der Waals surface area contributed by atoms with E-state index in [4.69, 9.17) is 25.8 Å². The molecule has 2 fully saturated rings. The van der Waals surface area contributed by atoms with E-state index in [0.29, 0.717) is 25.0 Å². The van der Waals surface area contributed by atoms with Gasteiger partial charge in [0.05, 0.1) is 18.0 Å². The molecular weight excluding hydrogens is 753 g/mol. The highest BCUT2D eigenvalue weighted by Gasteiger charge is 2.51. The fourth-order valence-electron chi connectivity index (χ4n) is 6.77. The number of alkyl halides is 3. The van der Waals surface area contributed by atoms with Gasteiger partial charge in [-0.1, -0.05) is 48.0 Å². The minimum absolute atomic E-state index is 0.00699. The summed E-state index contributed by atoms with van der Waals surface area (Å²) in [7, 11) is -4.11. The first-order valence-corrected chi connectivity index (χ1v) is 19.4. The standard InChI is InChI=1S/C36H38ClF3N6O7S/c1-4-51-32(47)28-20-35(22-45(28)34(48)52-21-24-8-6-5-7-9-24)13-16-44(17-14-35)29-19-30(42-33(41-29)54(3,49)50)53-31(36(38,39)40)26-11-10-25(37)18-27(26)46-15-12-23(2)43-46/h5-12,15,18-19,28,31H,4,13-14,16-17,20-22H2,1-3H3/t28?,31-/m1/s1. The predicted octanol–water partition coefficient (Wildman–Crippen LogP) is 6.27. The van der Waals surface area contributed by atoms with Crippen molar-refractivity contribution in [2.24, 2.45) is 5.41 Å². The number of aromatic nitrogens is 4. The number of aryl methyl sites for hydroxylation is 1. The number of carbonyl (C=O) groups excluding carboxylic acids is 2. The van der Waals surface area contributed by atoms with Crippen LogP contribution in [-0.2, 0) is 30.7 Å². The highest BCUT2D eigenvalue weighted by atomic mass is 35.5. The Kier molecular flexibility index (Phi) is 11.1. The molecular formula is C36H38ClF3N6O7S. The summed E-state index contributed by atoms with van der Waals surface area (Å²) in [5, 5.41) is 3.68. The maximum absolute atomic E-state index is 14.8. The van der Waals surface area contributed by atoms with E-state index in [0.717, 1.165) is 11.8 Å². The predicted molar refractivity (Wildman–Crippen MR) is 190 cm³/mol. The van der Waals surface area contributed by atoms with Crippen LogP contribution in [0.15, 0.2) is 72.0 Å². The number of amides is 1. The Balaban J connectivity index is 1.25. The van der Waals surface area contributed by atoms with Crippen LogP contribution in [0.5, 0.6) is 5.88 Å². The van der Waals surface area contributed by atoms with Crippen molar-refractivity contribution < 1.29 is 45.4 Å². The van der Waals surface area contributed by atoms with Crippen LogP contribution in [0.2, 0.25) is 5.02 Å². The number of halogens is 4. The molecule has 6 rings (SSSR count). The molecule has 0 radical (unpaired) electrons. The number of rotatable bonds is 10. The van der Waals surface area contributed by atoms with Crippen LogP contribution in [0, 0.1) is 12.3 Å². The first-order valence-electron chi connectivity index (χ1n) is 17.1. The molecule has 1 spiro atoms. The highest BCUT2D eigenvalue weighted by Crippen LogP contribution is 2.45. The molecule has 2 aliphatic rings. The zero-order chi connectivity index (χ0) is 38.8. The monoisotopic (exact) mass is 790 g/mol. The Hall–Kier alpha value is -4.90. The van der Waals surface area contributed by atoms with Crippen molar-refractivity contribution >= 4 is 39.3 Å². The molecule has 2 saturated heterocycles. The molecule has 0 saturated carbocycles. The molecule has 2 aliphatic heterocycles. The second-order valence-corrected chi connectivity index (χ2v) is 15.7. The van der Waals surface area contributed by atoms with Crippen molar-refractivity contribution in [1.29, 1.82) is 0 Å². The molecule has 0 bridgehead atoms. The van der Waals surface area contributed by atoms with Gasteiger partial charge in [0.15, 0.2) is 0 Å². The number of esters is 1. The first kappa shape index (κ1) is 38.8. The number of hydrogen-bond acceptors (Lipinski definition) is 11. The van der Waals surface area contributed by atoms with E-state index in [2.05, 4.69) is 15.1 Å². The summed E-state index contributed by atoms with van der Waals surface area (Å²) in [6.45, 7) is 4.24. The molecule has 54 heavy (non-hydrogen) atoms. The van der Waals surface area contributed by atoms with Crippen molar-refractivity contribution in [2.75, 3.05) is 37.4 Å². The summed E-state index contributed by atoms with van der Waals surface area (Å²) in [6, 6.07) is 14.8. The maximum atomic E-state index is 14.8. The summed E-state index contributed by atoms with van der Waals surface area (Å²) >= 11 is 6.17. The fraction of sp³-hybridized carbons (Fsp3) is 0.417. The Labute approximate surface area is 314 Å². The van der Waals surface area contributed by atoms with Gasteiger partial charge < -0.3 is 19.1 Å². The maximum Gasteiger partial charge on any atom is 0.429 e. The van der Waals surface area contributed by atoms with Gasteiger partial charge in [-0.15, -0.1) is 0 Å². The average Bonchev–Trinajstić information content (AvgIpc) is 3.73. The second-order valence-electron chi connectivity index (χ2n) is 13.4. The molecule has 4 aromatic rings. The third-order valence-electron chi connectivity index (χ3n) is 9.44. The van der Waals surface area contributed by atoms with Crippen molar-refractivity contribution in [3.05, 3.63) is 88.7 Å². The van der Waals surface area contributed by atoms with Crippen LogP contribution >= 0.6 is 11.6 Å². The van der Waals surface area contributed by atoms with E-state index in [9.17, 15) is 31.2 Å². The Morgan fingerprint density at radius 3 is 2.39 bits per heavy atom. The van der Waals surface area contributed by atoms with Crippen LogP contribution < -0.4 is 9.64 Å². The van der Waals surface area contributed by atoms with Gasteiger partial charge in [0.2, 0.25) is 21.8 Å². The fourth-order valence-corrected chi connectivity index (χ4v) is 7.45. The lowest BCUT2D eigenvalue weighted by Crippen LogP contribution is -2.43. The molecule has 13 nitrogen and oxygen atoms in total. The second kappa shape index (κ2) is 15.5. The SMILES string of the molecule is CCOC(=O)C1CC2(CCN(c3cc(O[C@H](c4ccc(Cl)cc4-n4ccc(C)n4)C(F)(F)F)nc(S(C)(=O)=O)n3)CC2)CN1C(=O)OCc1ccccc1. The van der Waals surface area contributed by atoms with Crippen molar-refractivity contribution in [3.63, 3.8) is 0 Å². The number of anilines is 1. The van der Waals surface area contributed by atoms with Gasteiger partial charge >= 0.3 is 18.2 Å². The zero-order valence-corrected chi connectivity index (χ0v) is 31.2. The molecule has 2 atom stereocenters. The lowest BCUT2D eigenvalue weighted by molar-refractivity contribution is -0.198. The van der Waals surface area contributed by atoms with Crippen molar-refractivity contribution in [3.8, 4) is 11.6 Å². The van der Waals surface area contributed by atoms with Gasteiger partial charge in [0, 0.05) is 48.7 Å². The molecule has 0 N–H and O–H groups in total. The molecule has 288 valence electrons. The number of hydrogen-bond donors (Lipinski definition) is 0. The van der Waals surface area contributed by atoms with E-state index in [1.165, 1.54) is 40.0 Å². The lowest BCUT2D eigenvalue weighted by atomic mass is 9.76. The van der Waals surface area contributed by atoms with Crippen molar-refractivity contribution in [1.82, 2.24) is 24.6 Å². The van der Waals surface area contributed by atoms with Crippen LogP contribution in [0.25, 0.3) is 5.69 Å². The third kappa shape index (κ3) is 8.73. The van der Waals surface area contributed by atoms with Crippen LogP contribution in [-0.4, -0.2) is 89.8 Å². The van der Waals surface area contributed by atoms with Crippen LogP contribution in [0.1, 0.15) is 49.1 Å². The number of piperidine rings is 1. The summed E-state index contributed by atoms with van der Waals surface area (Å²) in [5.41, 5.74) is 0.484. The van der Waals surface area contributed by atoms with E-state index in [1.807, 2.05) is 30.3 Å². The quantitative estimate of drug-likeness (QED) is 0.132. The normalized spacial score (nSPS) is 17.7. The summed E-state index contributed by atoms with van der Waals surface area (Å²) in [4.78, 5) is 37.5. The van der Waals surface area contributed by atoms with Crippen LogP contribution in [0.3, 0.4) is 0 Å². The molecule has 0 aliphatic carbocycles.